The van der Waals surface area contributed by atoms with Gasteiger partial charge >= 0.3 is 57.4 Å². The molecule has 0 saturated carbocycles. The van der Waals surface area contributed by atoms with Crippen molar-refractivity contribution in [2.24, 2.45) is 5.41 Å². The van der Waals surface area contributed by atoms with E-state index in [0.717, 1.165) is 0 Å². The molecule has 0 unspecified atom stereocenters. The summed E-state index contributed by atoms with van der Waals surface area (Å²) < 4.78 is 0. The topological polar surface area (TPSA) is 54.4 Å². The third-order valence-corrected chi connectivity index (χ3v) is 0.875. The number of carbonyl (C=O) groups is 2. The van der Waals surface area contributed by atoms with E-state index in [0.29, 0.717) is 0 Å². The van der Waals surface area contributed by atoms with Crippen LogP contribution in [0, 0.1) is 5.41 Å². The van der Waals surface area contributed by atoms with Crippen LogP contribution in [0.4, 0.5) is 0 Å². The number of hydrogen-bond acceptors (Lipinski definition) is 2. The fraction of sp³-hybridized carbons (Fsp3) is 0.667. The minimum absolute atomic E-state index is 0. The molecule has 3 nitrogen and oxygen atoms in total. The molecule has 0 aliphatic heterocycles. The van der Waals surface area contributed by atoms with Gasteiger partial charge in [0, 0.05) is 5.41 Å². The summed E-state index contributed by atoms with van der Waals surface area (Å²) in [6, 6.07) is 0. The van der Waals surface area contributed by atoms with Gasteiger partial charge in [0.25, 0.3) is 0 Å². The van der Waals surface area contributed by atoms with Gasteiger partial charge in [0.1, 0.15) is 0 Å². The largest absolute Gasteiger partial charge is 1.00 e. The monoisotopic (exact) mass is 170 g/mol. The van der Waals surface area contributed by atoms with E-state index < -0.39 is 17.2 Å². The molecule has 0 aromatic heterocycles. The zero-order valence-corrected chi connectivity index (χ0v) is 9.89. The summed E-state index contributed by atoms with van der Waals surface area (Å²) in [6.07, 6.45) is 0. The van der Waals surface area contributed by atoms with Crippen LogP contribution in [-0.2, 0) is 9.59 Å². The predicted molar refractivity (Wildman–Crippen MR) is 33.2 cm³/mol. The molecule has 0 aromatic carbocycles. The van der Waals surface area contributed by atoms with Gasteiger partial charge in [0.05, 0.1) is 0 Å². The maximum absolute atomic E-state index is 10.6. The summed E-state index contributed by atoms with van der Waals surface area (Å²) >= 11 is 0. The van der Waals surface area contributed by atoms with E-state index in [9.17, 15) is 9.59 Å². The molecule has 0 heterocycles. The number of aliphatic carboxylic acids is 1. The van der Waals surface area contributed by atoms with E-state index in [1.807, 2.05) is 0 Å². The van der Waals surface area contributed by atoms with Crippen LogP contribution in [0.15, 0.2) is 0 Å². The predicted octanol–water partition coefficient (Wildman–Crippen LogP) is -2.20. The Balaban J connectivity index is -0.000000320. The van der Waals surface area contributed by atoms with Crippen molar-refractivity contribution in [1.82, 2.24) is 0 Å². The van der Waals surface area contributed by atoms with Crippen molar-refractivity contribution < 1.29 is 67.5 Å². The zero-order chi connectivity index (χ0) is 7.65. The first-order chi connectivity index (χ1) is 3.85. The molecule has 10 heavy (non-hydrogen) atoms. The van der Waals surface area contributed by atoms with E-state index in [4.69, 9.17) is 5.11 Å². The smallest absolute Gasteiger partial charge is 1.00 e. The van der Waals surface area contributed by atoms with E-state index in [1.54, 1.807) is 20.8 Å². The van der Waals surface area contributed by atoms with Crippen molar-refractivity contribution in [3.63, 3.8) is 0 Å². The van der Waals surface area contributed by atoms with Crippen molar-refractivity contribution >= 4 is 11.8 Å². The number of carbonyl (C=O) groups excluding carboxylic acids is 1. The molecule has 0 aliphatic rings. The first kappa shape index (κ1) is 13.4. The van der Waals surface area contributed by atoms with Gasteiger partial charge in [-0.3, -0.25) is 4.79 Å². The molecule has 0 atom stereocenters. The third kappa shape index (κ3) is 4.57. The van der Waals surface area contributed by atoms with Crippen LogP contribution in [0.1, 0.15) is 22.2 Å². The van der Waals surface area contributed by atoms with Gasteiger partial charge in [-0.15, -0.1) is 0 Å². The minimum Gasteiger partial charge on any atom is -1.00 e. The number of ketones is 1. The Morgan fingerprint density at radius 3 is 1.60 bits per heavy atom. The molecular formula is C6H11KO3. The molecule has 0 bridgehead atoms. The maximum Gasteiger partial charge on any atom is 1.00 e. The van der Waals surface area contributed by atoms with Gasteiger partial charge in [-0.2, -0.15) is 0 Å². The van der Waals surface area contributed by atoms with E-state index >= 15 is 0 Å². The third-order valence-electron chi connectivity index (χ3n) is 0.875. The Labute approximate surface area is 104 Å². The Morgan fingerprint density at radius 2 is 1.60 bits per heavy atom. The number of hydrogen-bond donors (Lipinski definition) is 1. The normalized spacial score (nSPS) is 9.90. The maximum atomic E-state index is 10.6. The van der Waals surface area contributed by atoms with Crippen LogP contribution in [-0.4, -0.2) is 16.9 Å². The molecule has 0 rings (SSSR count). The summed E-state index contributed by atoms with van der Waals surface area (Å²) in [5.41, 5.74) is -0.758. The molecule has 0 fully saturated rings. The molecule has 1 N–H and O–H groups in total. The Morgan fingerprint density at radius 1 is 1.30 bits per heavy atom. The van der Waals surface area contributed by atoms with E-state index in [-0.39, 0.29) is 52.8 Å². The number of rotatable bonds is 1. The average molecular weight is 170 g/mol. The Kier molecular flexibility index (Phi) is 6.17. The fourth-order valence-electron chi connectivity index (χ4n) is 0.321. The van der Waals surface area contributed by atoms with Crippen LogP contribution < -0.4 is 51.4 Å². The van der Waals surface area contributed by atoms with Crippen molar-refractivity contribution in [1.29, 1.82) is 0 Å². The van der Waals surface area contributed by atoms with Crippen molar-refractivity contribution in [3.05, 3.63) is 0 Å². The number of carboxylic acid groups (broad SMARTS) is 1. The summed E-state index contributed by atoms with van der Waals surface area (Å²) in [5.74, 6) is -2.11. The second kappa shape index (κ2) is 4.61. The standard InChI is InChI=1S/C6H10O3.K.H/c1-6(2,3)4(7)5(8)9;;/h1-3H3,(H,8,9);;/q;+1;-1. The molecule has 0 amide bonds. The average Bonchev–Trinajstić information content (AvgIpc) is 1.62. The SMILES string of the molecule is CC(C)(C)C(=O)C(=O)O.[H-].[K+]. The minimum atomic E-state index is -1.36. The molecule has 54 valence electrons. The van der Waals surface area contributed by atoms with Crippen LogP contribution >= 0.6 is 0 Å². The summed E-state index contributed by atoms with van der Waals surface area (Å²) in [6.45, 7) is 4.72. The molecule has 0 spiro atoms. The van der Waals surface area contributed by atoms with Gasteiger partial charge in [0.2, 0.25) is 5.78 Å². The van der Waals surface area contributed by atoms with Crippen molar-refractivity contribution in [3.8, 4) is 0 Å². The van der Waals surface area contributed by atoms with E-state index in [2.05, 4.69) is 0 Å². The quantitative estimate of drug-likeness (QED) is 0.359. The van der Waals surface area contributed by atoms with Crippen LogP contribution in [0.5, 0.6) is 0 Å². The van der Waals surface area contributed by atoms with Crippen LogP contribution in [0.3, 0.4) is 0 Å². The van der Waals surface area contributed by atoms with Gasteiger partial charge in [-0.25, -0.2) is 4.79 Å². The summed E-state index contributed by atoms with van der Waals surface area (Å²) in [4.78, 5) is 20.6. The van der Waals surface area contributed by atoms with Gasteiger partial charge in [0.15, 0.2) is 0 Å². The first-order valence-corrected chi connectivity index (χ1v) is 2.63. The zero-order valence-electron chi connectivity index (χ0n) is 7.76. The van der Waals surface area contributed by atoms with Gasteiger partial charge < -0.3 is 6.53 Å². The molecule has 0 aromatic rings. The van der Waals surface area contributed by atoms with Crippen molar-refractivity contribution in [2.75, 3.05) is 0 Å². The van der Waals surface area contributed by atoms with Gasteiger partial charge in [-0.1, -0.05) is 20.8 Å². The Hall–Kier alpha value is 0.776. The molecule has 0 saturated heterocycles. The van der Waals surface area contributed by atoms with Crippen LogP contribution in [0.25, 0.3) is 0 Å². The van der Waals surface area contributed by atoms with Crippen LogP contribution in [0.2, 0.25) is 0 Å². The Bertz CT molecular complexity index is 150. The summed E-state index contributed by atoms with van der Waals surface area (Å²) in [5, 5.41) is 8.17. The fourth-order valence-corrected chi connectivity index (χ4v) is 0.321. The molecular weight excluding hydrogens is 159 g/mol. The second-order valence-electron chi connectivity index (χ2n) is 2.88. The number of carboxylic acids is 1. The second-order valence-corrected chi connectivity index (χ2v) is 2.88. The summed E-state index contributed by atoms with van der Waals surface area (Å²) in [7, 11) is 0. The number of Topliss-reactive ketones (excluding diaryl/α,β-unsaturated/α-hetero) is 1. The first-order valence-electron chi connectivity index (χ1n) is 2.63. The molecule has 0 radical (unpaired) electrons. The molecule has 4 heteroatoms. The van der Waals surface area contributed by atoms with E-state index in [1.165, 1.54) is 0 Å². The van der Waals surface area contributed by atoms with Gasteiger partial charge in [-0.05, 0) is 0 Å². The molecule has 0 aliphatic carbocycles. The van der Waals surface area contributed by atoms with Crippen molar-refractivity contribution in [2.45, 2.75) is 20.8 Å².